The second kappa shape index (κ2) is 11.9. The summed E-state index contributed by atoms with van der Waals surface area (Å²) in [6.07, 6.45) is 7.14. The van der Waals surface area contributed by atoms with Gasteiger partial charge in [-0.15, -0.1) is 0 Å². The van der Waals surface area contributed by atoms with Crippen LogP contribution in [0.5, 0.6) is 11.6 Å². The van der Waals surface area contributed by atoms with Crippen molar-refractivity contribution in [1.29, 1.82) is 0 Å². The van der Waals surface area contributed by atoms with E-state index in [4.69, 9.17) is 16.3 Å². The number of hydrogen-bond donors (Lipinski definition) is 3. The van der Waals surface area contributed by atoms with Gasteiger partial charge in [0.05, 0.1) is 10.7 Å². The summed E-state index contributed by atoms with van der Waals surface area (Å²) < 4.78 is 35.6. The number of sulfonamides is 1. The van der Waals surface area contributed by atoms with Crippen molar-refractivity contribution in [2.75, 3.05) is 23.1 Å². The van der Waals surface area contributed by atoms with Crippen molar-refractivity contribution < 1.29 is 13.2 Å². The molecule has 0 bridgehead atoms. The van der Waals surface area contributed by atoms with Crippen LogP contribution in [-0.4, -0.2) is 42.5 Å². The zero-order valence-electron chi connectivity index (χ0n) is 22.8. The molecule has 1 atom stereocenters. The minimum atomic E-state index is -3.94. The summed E-state index contributed by atoms with van der Waals surface area (Å²) in [4.78, 5) is 13.6. The van der Waals surface area contributed by atoms with Crippen molar-refractivity contribution in [2.24, 2.45) is 0 Å². The minimum Gasteiger partial charge on any atom is -0.436 e. The van der Waals surface area contributed by atoms with E-state index in [9.17, 15) is 8.42 Å². The van der Waals surface area contributed by atoms with Gasteiger partial charge in [0.15, 0.2) is 0 Å². The summed E-state index contributed by atoms with van der Waals surface area (Å²) in [5, 5.41) is 8.44. The van der Waals surface area contributed by atoms with Gasteiger partial charge in [-0.1, -0.05) is 48.0 Å². The molecule has 0 aliphatic carbocycles. The largest absolute Gasteiger partial charge is 0.436 e. The third kappa shape index (κ3) is 5.87. The van der Waals surface area contributed by atoms with Gasteiger partial charge in [0, 0.05) is 47.5 Å². The maximum Gasteiger partial charge on any atom is 0.263 e. The summed E-state index contributed by atoms with van der Waals surface area (Å²) in [5.41, 5.74) is 2.63. The molecule has 1 fully saturated rings. The third-order valence-electron chi connectivity index (χ3n) is 7.13. The van der Waals surface area contributed by atoms with Gasteiger partial charge in [0.2, 0.25) is 5.88 Å². The third-order valence-corrected chi connectivity index (χ3v) is 8.99. The van der Waals surface area contributed by atoms with E-state index in [1.165, 1.54) is 6.07 Å². The van der Waals surface area contributed by atoms with E-state index >= 15 is 0 Å². The van der Waals surface area contributed by atoms with E-state index in [1.807, 2.05) is 37.3 Å². The zero-order chi connectivity index (χ0) is 29.1. The number of rotatable bonds is 8. The van der Waals surface area contributed by atoms with Gasteiger partial charge in [-0.2, -0.15) is 0 Å². The number of halogens is 1. The Morgan fingerprint density at radius 3 is 2.64 bits per heavy atom. The highest BCUT2D eigenvalue weighted by Crippen LogP contribution is 2.39. The van der Waals surface area contributed by atoms with Crippen LogP contribution in [0.15, 0.2) is 90.2 Å². The zero-order valence-corrected chi connectivity index (χ0v) is 24.4. The number of nitrogens with one attached hydrogen (secondary N) is 3. The van der Waals surface area contributed by atoms with Gasteiger partial charge in [-0.25, -0.2) is 23.4 Å². The number of pyridine rings is 1. The van der Waals surface area contributed by atoms with E-state index in [2.05, 4.69) is 30.3 Å². The number of aryl methyl sites for hydroxylation is 1. The van der Waals surface area contributed by atoms with Gasteiger partial charge >= 0.3 is 0 Å². The SMILES string of the molecule is Cc1ccc2c(NS(=O)(=O)c3ccccc3Cl)cccc2c1Oc1nccnc1-c1ccnc(NC2CCCNC2)c1. The lowest BCUT2D eigenvalue weighted by atomic mass is 10.0. The average molecular weight is 601 g/mol. The fourth-order valence-corrected chi connectivity index (χ4v) is 6.66. The highest BCUT2D eigenvalue weighted by molar-refractivity contribution is 7.92. The fourth-order valence-electron chi connectivity index (χ4n) is 5.06. The molecule has 9 nitrogen and oxygen atoms in total. The molecular weight excluding hydrogens is 572 g/mol. The first-order valence-corrected chi connectivity index (χ1v) is 15.5. The van der Waals surface area contributed by atoms with Gasteiger partial charge in [0.25, 0.3) is 10.0 Å². The molecule has 11 heteroatoms. The van der Waals surface area contributed by atoms with Gasteiger partial charge in [-0.05, 0) is 62.2 Å². The maximum absolute atomic E-state index is 13.2. The quantitative estimate of drug-likeness (QED) is 0.187. The Bertz CT molecular complexity index is 1860. The van der Waals surface area contributed by atoms with Crippen LogP contribution in [-0.2, 0) is 10.0 Å². The van der Waals surface area contributed by atoms with Crippen LogP contribution in [0.4, 0.5) is 11.5 Å². The topological polar surface area (TPSA) is 118 Å². The molecule has 3 N–H and O–H groups in total. The van der Waals surface area contributed by atoms with Crippen molar-refractivity contribution in [3.63, 3.8) is 0 Å². The summed E-state index contributed by atoms with van der Waals surface area (Å²) in [5.74, 6) is 1.63. The van der Waals surface area contributed by atoms with E-state index in [0.717, 1.165) is 42.9 Å². The Labute approximate surface area is 249 Å². The normalized spacial score (nSPS) is 15.3. The molecule has 2 aromatic heterocycles. The van der Waals surface area contributed by atoms with Crippen LogP contribution in [0, 0.1) is 6.92 Å². The van der Waals surface area contributed by atoms with Crippen molar-refractivity contribution in [3.8, 4) is 22.9 Å². The van der Waals surface area contributed by atoms with Gasteiger partial charge in [0.1, 0.15) is 22.2 Å². The molecule has 1 aliphatic rings. The van der Waals surface area contributed by atoms with Crippen LogP contribution < -0.4 is 20.1 Å². The molecule has 6 rings (SSSR count). The van der Waals surface area contributed by atoms with Crippen molar-refractivity contribution in [3.05, 3.63) is 95.9 Å². The Kier molecular flexibility index (Phi) is 7.92. The second-order valence-electron chi connectivity index (χ2n) is 10.1. The van der Waals surface area contributed by atoms with Gasteiger partial charge in [-0.3, -0.25) is 4.72 Å². The number of ether oxygens (including phenoxy) is 1. The van der Waals surface area contributed by atoms with Crippen LogP contribution in [0.25, 0.3) is 22.0 Å². The minimum absolute atomic E-state index is 0.00224. The van der Waals surface area contributed by atoms with Crippen LogP contribution in [0.1, 0.15) is 18.4 Å². The first kappa shape index (κ1) is 27.9. The summed E-state index contributed by atoms with van der Waals surface area (Å²) >= 11 is 6.19. The monoisotopic (exact) mass is 600 g/mol. The number of benzene rings is 3. The average Bonchev–Trinajstić information content (AvgIpc) is 2.99. The van der Waals surface area contributed by atoms with E-state index in [1.54, 1.807) is 48.9 Å². The number of fused-ring (bicyclic) bond motifs is 1. The molecule has 1 aliphatic heterocycles. The molecule has 0 saturated carbocycles. The second-order valence-corrected chi connectivity index (χ2v) is 12.1. The van der Waals surface area contributed by atoms with E-state index in [0.29, 0.717) is 39.8 Å². The Hall–Kier alpha value is -4.25. The summed E-state index contributed by atoms with van der Waals surface area (Å²) in [6.45, 7) is 3.86. The predicted octanol–water partition coefficient (Wildman–Crippen LogP) is 6.41. The molecule has 0 radical (unpaired) electrons. The summed E-state index contributed by atoms with van der Waals surface area (Å²) in [7, 11) is -3.94. The molecule has 42 heavy (non-hydrogen) atoms. The lowest BCUT2D eigenvalue weighted by Crippen LogP contribution is -2.38. The van der Waals surface area contributed by atoms with E-state index < -0.39 is 10.0 Å². The summed E-state index contributed by atoms with van der Waals surface area (Å²) in [6, 6.07) is 19.6. The highest BCUT2D eigenvalue weighted by atomic mass is 35.5. The molecule has 3 heterocycles. The number of piperidine rings is 1. The predicted molar refractivity (Wildman–Crippen MR) is 166 cm³/mol. The first-order chi connectivity index (χ1) is 20.4. The Balaban J connectivity index is 1.34. The molecule has 5 aromatic rings. The Morgan fingerprint density at radius 2 is 1.81 bits per heavy atom. The van der Waals surface area contributed by atoms with Crippen LogP contribution in [0.3, 0.4) is 0 Å². The standard InChI is InChI=1S/C31H29ClN6O3S/c1-20-11-12-23-24(7-4-9-26(23)38-42(39,40)27-10-3-2-8-25(27)32)30(20)41-31-29(35-16-17-36-31)21-13-15-34-28(18-21)37-22-6-5-14-33-19-22/h2-4,7-13,15-18,22,33,38H,5-6,14,19H2,1H3,(H,34,37). The molecule has 214 valence electrons. The number of hydrogen-bond acceptors (Lipinski definition) is 8. The molecule has 1 saturated heterocycles. The molecule has 3 aromatic carbocycles. The van der Waals surface area contributed by atoms with E-state index in [-0.39, 0.29) is 9.92 Å². The smallest absolute Gasteiger partial charge is 0.263 e. The fraction of sp³-hybridized carbons (Fsp3) is 0.194. The number of anilines is 2. The van der Waals surface area contributed by atoms with Crippen LogP contribution in [0.2, 0.25) is 5.02 Å². The first-order valence-electron chi connectivity index (χ1n) is 13.6. The lowest BCUT2D eigenvalue weighted by molar-refractivity contribution is 0.464. The van der Waals surface area contributed by atoms with Crippen LogP contribution >= 0.6 is 11.6 Å². The van der Waals surface area contributed by atoms with Crippen molar-refractivity contribution in [2.45, 2.75) is 30.7 Å². The Morgan fingerprint density at radius 1 is 0.952 bits per heavy atom. The lowest BCUT2D eigenvalue weighted by Gasteiger charge is -2.24. The highest BCUT2D eigenvalue weighted by Gasteiger charge is 2.21. The molecule has 0 spiro atoms. The van der Waals surface area contributed by atoms with Crippen molar-refractivity contribution in [1.82, 2.24) is 20.3 Å². The number of aromatic nitrogens is 3. The molecule has 1 unspecified atom stereocenters. The molecular formula is C31H29ClN6O3S. The number of nitrogens with zero attached hydrogens (tertiary/aromatic N) is 3. The van der Waals surface area contributed by atoms with Gasteiger partial charge < -0.3 is 15.4 Å². The molecule has 0 amide bonds. The van der Waals surface area contributed by atoms with Crippen molar-refractivity contribution >= 4 is 43.9 Å². The maximum atomic E-state index is 13.2.